The molecule has 2 atom stereocenters. The highest BCUT2D eigenvalue weighted by molar-refractivity contribution is 7.18. The number of benzene rings is 3. The molecule has 3 aromatic rings. The van der Waals surface area contributed by atoms with Gasteiger partial charge in [0.1, 0.15) is 0 Å². The summed E-state index contributed by atoms with van der Waals surface area (Å²) in [7, 11) is 3.07. The molecule has 24 heavy (non-hydrogen) atoms. The third-order valence-corrected chi connectivity index (χ3v) is 5.97. The molecule has 0 amide bonds. The van der Waals surface area contributed by atoms with Crippen LogP contribution in [0.1, 0.15) is 26.3 Å². The first-order valence-corrected chi connectivity index (χ1v) is 9.11. The second-order valence-corrected chi connectivity index (χ2v) is 8.17. The summed E-state index contributed by atoms with van der Waals surface area (Å²) in [5.41, 5.74) is 6.45. The lowest BCUT2D eigenvalue weighted by atomic mass is 9.85. The Bertz CT molecular complexity index is 744. The van der Waals surface area contributed by atoms with Gasteiger partial charge in [0.2, 0.25) is 0 Å². The first kappa shape index (κ1) is 16.9. The Morgan fingerprint density at radius 2 is 1.08 bits per heavy atom. The van der Waals surface area contributed by atoms with Gasteiger partial charge in [0, 0.05) is 5.16 Å². The monoisotopic (exact) mass is 332 g/mol. The maximum absolute atomic E-state index is 3.07. The molecule has 3 aromatic carbocycles. The molecule has 0 fully saturated rings. The van der Waals surface area contributed by atoms with E-state index in [1.807, 2.05) is 0 Å². The fourth-order valence-corrected chi connectivity index (χ4v) is 3.03. The van der Waals surface area contributed by atoms with Crippen LogP contribution in [-0.2, 0) is 5.16 Å². The Morgan fingerprint density at radius 3 is 1.46 bits per heavy atom. The van der Waals surface area contributed by atoms with Crippen LogP contribution in [0.4, 0.5) is 0 Å². The summed E-state index contributed by atoms with van der Waals surface area (Å²) >= 11 is 0. The molecule has 2 unspecified atom stereocenters. The molecule has 122 valence electrons. The summed E-state index contributed by atoms with van der Waals surface area (Å²) in [4.78, 5) is 0. The predicted octanol–water partition coefficient (Wildman–Crippen LogP) is 6.77. The van der Waals surface area contributed by atoms with Gasteiger partial charge < -0.3 is 0 Å². The van der Waals surface area contributed by atoms with Crippen LogP contribution in [0, 0.1) is 5.92 Å². The van der Waals surface area contributed by atoms with Gasteiger partial charge in [-0.25, -0.2) is 0 Å². The van der Waals surface area contributed by atoms with E-state index >= 15 is 0 Å². The summed E-state index contributed by atoms with van der Waals surface area (Å²) in [5, 5.41) is 0.0499. The highest BCUT2D eigenvalue weighted by Gasteiger charge is 2.26. The molecule has 0 saturated carbocycles. The first-order chi connectivity index (χ1) is 11.5. The van der Waals surface area contributed by atoms with Crippen LogP contribution in [0.5, 0.6) is 0 Å². The van der Waals surface area contributed by atoms with E-state index < -0.39 is 0 Å². The minimum Gasteiger partial charge on any atom is -0.126 e. The van der Waals surface area contributed by atoms with E-state index in [1.54, 1.807) is 0 Å². The van der Waals surface area contributed by atoms with Crippen molar-refractivity contribution in [1.82, 2.24) is 0 Å². The van der Waals surface area contributed by atoms with Gasteiger partial charge in [-0.2, -0.15) is 0 Å². The van der Waals surface area contributed by atoms with E-state index in [0.29, 0.717) is 5.92 Å². The molecule has 0 saturated heterocycles. The first-order valence-electron chi connectivity index (χ1n) is 8.54. The highest BCUT2D eigenvalue weighted by atomic mass is 31.0. The second kappa shape index (κ2) is 6.91. The minimum atomic E-state index is 0.0499. The van der Waals surface area contributed by atoms with Crippen molar-refractivity contribution >= 4 is 9.24 Å². The van der Waals surface area contributed by atoms with E-state index in [2.05, 4.69) is 109 Å². The lowest BCUT2D eigenvalue weighted by Crippen LogP contribution is -2.20. The zero-order chi connectivity index (χ0) is 17.2. The van der Waals surface area contributed by atoms with Crippen molar-refractivity contribution in [3.63, 3.8) is 0 Å². The molecule has 0 spiro atoms. The van der Waals surface area contributed by atoms with Gasteiger partial charge in [-0.05, 0) is 39.8 Å². The predicted molar refractivity (Wildman–Crippen MR) is 109 cm³/mol. The molecule has 0 aliphatic heterocycles. The number of hydrogen-bond acceptors (Lipinski definition) is 0. The van der Waals surface area contributed by atoms with Gasteiger partial charge in [0.15, 0.2) is 0 Å². The Morgan fingerprint density at radius 1 is 0.667 bits per heavy atom. The largest absolute Gasteiger partial charge is 0.126 e. The van der Waals surface area contributed by atoms with Gasteiger partial charge in [0.25, 0.3) is 0 Å². The minimum absolute atomic E-state index is 0.0499. The smallest absolute Gasteiger partial charge is 0.00926 e. The zero-order valence-corrected chi connectivity index (χ0v) is 15.8. The molecule has 0 bridgehead atoms. The molecule has 0 radical (unpaired) electrons. The molecule has 0 N–H and O–H groups in total. The van der Waals surface area contributed by atoms with Crippen molar-refractivity contribution < 1.29 is 0 Å². The summed E-state index contributed by atoms with van der Waals surface area (Å²) in [6, 6.07) is 28.3. The van der Waals surface area contributed by atoms with E-state index in [-0.39, 0.29) is 5.16 Å². The van der Waals surface area contributed by atoms with Crippen molar-refractivity contribution in [2.45, 2.75) is 25.9 Å². The van der Waals surface area contributed by atoms with Crippen molar-refractivity contribution in [2.24, 2.45) is 5.92 Å². The molecule has 0 nitrogen and oxygen atoms in total. The Labute approximate surface area is 148 Å². The van der Waals surface area contributed by atoms with Crippen molar-refractivity contribution in [2.75, 3.05) is 0 Å². The topological polar surface area (TPSA) is 0 Å². The second-order valence-electron chi connectivity index (χ2n) is 6.97. The van der Waals surface area contributed by atoms with Gasteiger partial charge in [-0.1, -0.05) is 93.6 Å². The van der Waals surface area contributed by atoms with Gasteiger partial charge in [0.05, 0.1) is 0 Å². The van der Waals surface area contributed by atoms with Crippen LogP contribution in [0.3, 0.4) is 0 Å². The molecule has 0 heterocycles. The van der Waals surface area contributed by atoms with E-state index in [1.165, 1.54) is 27.8 Å². The van der Waals surface area contributed by atoms with Crippen molar-refractivity contribution in [3.8, 4) is 22.3 Å². The van der Waals surface area contributed by atoms with Gasteiger partial charge in [-0.15, -0.1) is 9.24 Å². The highest BCUT2D eigenvalue weighted by Crippen LogP contribution is 2.41. The standard InChI is InChI=1S/C23H25P/c1-17(2)23(3,24)22-15-20(18-10-6-4-7-11-18)14-21(16-22)19-12-8-5-9-13-19/h4-17H,24H2,1-3H3. The maximum atomic E-state index is 3.07. The zero-order valence-electron chi connectivity index (χ0n) is 14.7. The van der Waals surface area contributed by atoms with Crippen LogP contribution in [0.2, 0.25) is 0 Å². The number of rotatable bonds is 4. The average Bonchev–Trinajstić information content (AvgIpc) is 2.62. The van der Waals surface area contributed by atoms with Gasteiger partial charge >= 0.3 is 0 Å². The SMILES string of the molecule is CC(C)C(C)(P)c1cc(-c2ccccc2)cc(-c2ccccc2)c1. The van der Waals surface area contributed by atoms with Crippen LogP contribution < -0.4 is 0 Å². The van der Waals surface area contributed by atoms with E-state index in [0.717, 1.165) is 0 Å². The molecule has 3 rings (SSSR count). The fraction of sp³-hybridized carbons (Fsp3) is 0.217. The molecular weight excluding hydrogens is 307 g/mol. The van der Waals surface area contributed by atoms with Crippen molar-refractivity contribution in [1.29, 1.82) is 0 Å². The third kappa shape index (κ3) is 3.45. The Kier molecular flexibility index (Phi) is 4.88. The van der Waals surface area contributed by atoms with Crippen LogP contribution in [0.15, 0.2) is 78.9 Å². The lowest BCUT2D eigenvalue weighted by Gasteiger charge is -2.31. The Balaban J connectivity index is 2.20. The van der Waals surface area contributed by atoms with Crippen LogP contribution in [0.25, 0.3) is 22.3 Å². The lowest BCUT2D eigenvalue weighted by molar-refractivity contribution is 0.485. The summed E-state index contributed by atoms with van der Waals surface area (Å²) < 4.78 is 0. The number of hydrogen-bond donors (Lipinski definition) is 0. The molecular formula is C23H25P. The quantitative estimate of drug-likeness (QED) is 0.463. The normalized spacial score (nSPS) is 13.7. The van der Waals surface area contributed by atoms with Crippen molar-refractivity contribution in [3.05, 3.63) is 84.4 Å². The summed E-state index contributed by atoms with van der Waals surface area (Å²) in [5.74, 6) is 0.539. The summed E-state index contributed by atoms with van der Waals surface area (Å²) in [6.07, 6.45) is 0. The van der Waals surface area contributed by atoms with Crippen LogP contribution >= 0.6 is 9.24 Å². The summed E-state index contributed by atoms with van der Waals surface area (Å²) in [6.45, 7) is 6.87. The van der Waals surface area contributed by atoms with E-state index in [9.17, 15) is 0 Å². The molecule has 0 aliphatic rings. The van der Waals surface area contributed by atoms with Crippen LogP contribution in [-0.4, -0.2) is 0 Å². The molecule has 0 aliphatic carbocycles. The van der Waals surface area contributed by atoms with Gasteiger partial charge in [-0.3, -0.25) is 0 Å². The fourth-order valence-electron chi connectivity index (χ4n) is 2.87. The molecule has 1 heteroatoms. The third-order valence-electron chi connectivity index (χ3n) is 4.97. The Hall–Kier alpha value is -1.91. The maximum Gasteiger partial charge on any atom is 0.00926 e. The average molecular weight is 332 g/mol. The molecule has 0 aromatic heterocycles. The van der Waals surface area contributed by atoms with E-state index in [4.69, 9.17) is 0 Å².